The van der Waals surface area contributed by atoms with Crippen LogP contribution < -0.4 is 5.73 Å². The Hall–Kier alpha value is -1.28. The van der Waals surface area contributed by atoms with Crippen LogP contribution in [0.4, 0.5) is 0 Å². The van der Waals surface area contributed by atoms with Gasteiger partial charge < -0.3 is 10.3 Å². The minimum absolute atomic E-state index is 0.505. The van der Waals surface area contributed by atoms with Crippen molar-refractivity contribution in [3.05, 3.63) is 34.5 Å². The highest BCUT2D eigenvalue weighted by atomic mass is 15.0. The monoisotopic (exact) mass is 230 g/mol. The summed E-state index contributed by atoms with van der Waals surface area (Å²) in [7, 11) is 2.15. The molecule has 2 heteroatoms. The van der Waals surface area contributed by atoms with E-state index in [9.17, 15) is 0 Å². The van der Waals surface area contributed by atoms with E-state index in [0.717, 1.165) is 0 Å². The highest BCUT2D eigenvalue weighted by Gasteiger charge is 2.17. The number of aryl methyl sites for hydroxylation is 3. The van der Waals surface area contributed by atoms with Crippen LogP contribution in [0.5, 0.6) is 0 Å². The average molecular weight is 230 g/mol. The molecule has 0 saturated carbocycles. The van der Waals surface area contributed by atoms with Gasteiger partial charge in [-0.1, -0.05) is 19.9 Å². The van der Waals surface area contributed by atoms with Crippen LogP contribution in [0.2, 0.25) is 0 Å². The van der Waals surface area contributed by atoms with Gasteiger partial charge in [0.1, 0.15) is 0 Å². The number of nitrogens with two attached hydrogens (primary N) is 1. The Morgan fingerprint density at radius 3 is 2.41 bits per heavy atom. The Labute approximate surface area is 103 Å². The standard InChI is InChI=1S/C15H22N2/c1-9(2)15-12(8-16)14-11(4)6-10(3)7-13(14)17(15)5/h6-7,9H,8,16H2,1-5H3. The normalized spacial score (nSPS) is 11.7. The predicted octanol–water partition coefficient (Wildman–Crippen LogP) is 3.38. The van der Waals surface area contributed by atoms with E-state index in [1.54, 1.807) is 0 Å². The molecular formula is C15H22N2. The van der Waals surface area contributed by atoms with Crippen LogP contribution in [0, 0.1) is 13.8 Å². The van der Waals surface area contributed by atoms with Gasteiger partial charge in [0.05, 0.1) is 0 Å². The summed E-state index contributed by atoms with van der Waals surface area (Å²) in [6, 6.07) is 4.50. The maximum atomic E-state index is 5.96. The summed E-state index contributed by atoms with van der Waals surface area (Å²) >= 11 is 0. The lowest BCUT2D eigenvalue weighted by Gasteiger charge is -2.10. The van der Waals surface area contributed by atoms with Gasteiger partial charge in [0.2, 0.25) is 0 Å². The lowest BCUT2D eigenvalue weighted by molar-refractivity contribution is 0.739. The predicted molar refractivity (Wildman–Crippen MR) is 74.4 cm³/mol. The lowest BCUT2D eigenvalue weighted by Crippen LogP contribution is -2.05. The molecular weight excluding hydrogens is 208 g/mol. The smallest absolute Gasteiger partial charge is 0.0488 e. The van der Waals surface area contributed by atoms with E-state index >= 15 is 0 Å². The van der Waals surface area contributed by atoms with Crippen molar-refractivity contribution in [3.8, 4) is 0 Å². The van der Waals surface area contributed by atoms with Crippen LogP contribution in [-0.2, 0) is 13.6 Å². The van der Waals surface area contributed by atoms with Crippen molar-refractivity contribution in [2.75, 3.05) is 0 Å². The fourth-order valence-electron chi connectivity index (χ4n) is 3.00. The van der Waals surface area contributed by atoms with E-state index in [0.29, 0.717) is 12.5 Å². The Morgan fingerprint density at radius 2 is 1.88 bits per heavy atom. The number of hydrogen-bond acceptors (Lipinski definition) is 1. The highest BCUT2D eigenvalue weighted by Crippen LogP contribution is 2.32. The second-order valence-corrected chi connectivity index (χ2v) is 5.26. The summed E-state index contributed by atoms with van der Waals surface area (Å²) in [5.41, 5.74) is 12.6. The minimum atomic E-state index is 0.505. The summed E-state index contributed by atoms with van der Waals surface area (Å²) in [5.74, 6) is 0.505. The molecule has 0 unspecified atom stereocenters. The molecule has 0 amide bonds. The summed E-state index contributed by atoms with van der Waals surface area (Å²) < 4.78 is 2.31. The van der Waals surface area contributed by atoms with Crippen LogP contribution in [0.25, 0.3) is 10.9 Å². The summed E-state index contributed by atoms with van der Waals surface area (Å²) in [4.78, 5) is 0. The van der Waals surface area contributed by atoms with Gasteiger partial charge in [-0.3, -0.25) is 0 Å². The van der Waals surface area contributed by atoms with Crippen molar-refractivity contribution in [1.82, 2.24) is 4.57 Å². The Morgan fingerprint density at radius 1 is 1.24 bits per heavy atom. The second-order valence-electron chi connectivity index (χ2n) is 5.26. The molecule has 0 atom stereocenters. The first kappa shape index (κ1) is 12.2. The quantitative estimate of drug-likeness (QED) is 0.842. The maximum Gasteiger partial charge on any atom is 0.0488 e. The molecule has 0 bridgehead atoms. The number of rotatable bonds is 2. The van der Waals surface area contributed by atoms with Gasteiger partial charge >= 0.3 is 0 Å². The Bertz CT molecular complexity index is 562. The topological polar surface area (TPSA) is 30.9 Å². The van der Waals surface area contributed by atoms with E-state index < -0.39 is 0 Å². The molecule has 2 aromatic rings. The van der Waals surface area contributed by atoms with Gasteiger partial charge in [-0.2, -0.15) is 0 Å². The molecule has 0 aliphatic heterocycles. The molecule has 1 aromatic carbocycles. The van der Waals surface area contributed by atoms with E-state index in [1.807, 2.05) is 0 Å². The molecule has 2 nitrogen and oxygen atoms in total. The van der Waals surface area contributed by atoms with Gasteiger partial charge in [0.15, 0.2) is 0 Å². The molecule has 92 valence electrons. The van der Waals surface area contributed by atoms with Crippen LogP contribution in [0.15, 0.2) is 12.1 Å². The first-order chi connectivity index (χ1) is 7.97. The number of nitrogens with zero attached hydrogens (tertiary/aromatic N) is 1. The van der Waals surface area contributed by atoms with Crippen molar-refractivity contribution in [2.24, 2.45) is 12.8 Å². The zero-order valence-corrected chi connectivity index (χ0v) is 11.5. The van der Waals surface area contributed by atoms with Crippen molar-refractivity contribution in [3.63, 3.8) is 0 Å². The highest BCUT2D eigenvalue weighted by molar-refractivity contribution is 5.89. The van der Waals surface area contributed by atoms with E-state index in [2.05, 4.69) is 51.4 Å². The average Bonchev–Trinajstić information content (AvgIpc) is 2.52. The summed E-state index contributed by atoms with van der Waals surface area (Å²) in [6.07, 6.45) is 0. The van der Waals surface area contributed by atoms with E-state index in [4.69, 9.17) is 5.73 Å². The molecule has 0 radical (unpaired) electrons. The van der Waals surface area contributed by atoms with Gasteiger partial charge in [-0.25, -0.2) is 0 Å². The third-order valence-corrected chi connectivity index (χ3v) is 3.54. The number of aromatic nitrogens is 1. The fraction of sp³-hybridized carbons (Fsp3) is 0.467. The molecule has 0 aliphatic rings. The fourth-order valence-corrected chi connectivity index (χ4v) is 3.00. The van der Waals surface area contributed by atoms with Crippen molar-refractivity contribution < 1.29 is 0 Å². The molecule has 0 saturated heterocycles. The molecule has 0 aliphatic carbocycles. The van der Waals surface area contributed by atoms with Gasteiger partial charge in [-0.15, -0.1) is 0 Å². The van der Waals surface area contributed by atoms with Crippen LogP contribution >= 0.6 is 0 Å². The Kier molecular flexibility index (Phi) is 3.00. The van der Waals surface area contributed by atoms with Crippen molar-refractivity contribution in [1.29, 1.82) is 0 Å². The van der Waals surface area contributed by atoms with Gasteiger partial charge in [0, 0.05) is 30.2 Å². The van der Waals surface area contributed by atoms with E-state index in [-0.39, 0.29) is 0 Å². The zero-order chi connectivity index (χ0) is 12.7. The number of benzene rings is 1. The van der Waals surface area contributed by atoms with Crippen LogP contribution in [0.3, 0.4) is 0 Å². The maximum absolute atomic E-state index is 5.96. The first-order valence-electron chi connectivity index (χ1n) is 6.25. The Balaban J connectivity index is 2.94. The lowest BCUT2D eigenvalue weighted by atomic mass is 10.00. The van der Waals surface area contributed by atoms with E-state index in [1.165, 1.54) is 33.3 Å². The largest absolute Gasteiger partial charge is 0.347 e. The molecule has 0 spiro atoms. The molecule has 1 heterocycles. The third kappa shape index (κ3) is 1.77. The molecule has 17 heavy (non-hydrogen) atoms. The second kappa shape index (κ2) is 4.19. The molecule has 2 rings (SSSR count). The van der Waals surface area contributed by atoms with Crippen LogP contribution in [0.1, 0.15) is 42.1 Å². The zero-order valence-electron chi connectivity index (χ0n) is 11.5. The summed E-state index contributed by atoms with van der Waals surface area (Å²) in [6.45, 7) is 9.41. The third-order valence-electron chi connectivity index (χ3n) is 3.54. The van der Waals surface area contributed by atoms with Gasteiger partial charge in [-0.05, 0) is 42.5 Å². The minimum Gasteiger partial charge on any atom is -0.347 e. The van der Waals surface area contributed by atoms with Gasteiger partial charge in [0.25, 0.3) is 0 Å². The van der Waals surface area contributed by atoms with Crippen molar-refractivity contribution in [2.45, 2.75) is 40.2 Å². The van der Waals surface area contributed by atoms with Crippen LogP contribution in [-0.4, -0.2) is 4.57 Å². The molecule has 2 N–H and O–H groups in total. The van der Waals surface area contributed by atoms with Crippen molar-refractivity contribution >= 4 is 10.9 Å². The number of fused-ring (bicyclic) bond motifs is 1. The SMILES string of the molecule is Cc1cc(C)c2c(CN)c(C(C)C)n(C)c2c1. The molecule has 0 fully saturated rings. The molecule has 1 aromatic heterocycles. The first-order valence-corrected chi connectivity index (χ1v) is 6.25. The number of hydrogen-bond donors (Lipinski definition) is 1. The summed E-state index contributed by atoms with van der Waals surface area (Å²) in [5, 5.41) is 1.35.